The molecule has 1 aliphatic heterocycles. The first-order valence-electron chi connectivity index (χ1n) is 6.06. The number of hydrogen-bond donors (Lipinski definition) is 0. The van der Waals surface area contributed by atoms with Crippen molar-refractivity contribution in [1.82, 2.24) is 4.90 Å². The second-order valence-electron chi connectivity index (χ2n) is 3.63. The lowest BCUT2D eigenvalue weighted by atomic mass is 10.3. The van der Waals surface area contributed by atoms with Gasteiger partial charge in [0.05, 0.1) is 13.2 Å². The molecule has 0 aromatic heterocycles. The van der Waals surface area contributed by atoms with Crippen LogP contribution >= 0.6 is 11.8 Å². The molecule has 0 N–H and O–H groups in total. The monoisotopic (exact) mass is 273 g/mol. The Hall–Kier alpha value is -1.17. The summed E-state index contributed by atoms with van der Waals surface area (Å²) >= 11 is 1.86. The molecular formula is C12H19NO4S. The predicted octanol–water partition coefficient (Wildman–Crippen LogP) is 1.05. The van der Waals surface area contributed by atoms with Gasteiger partial charge in [-0.05, 0) is 13.8 Å². The molecule has 0 amide bonds. The summed E-state index contributed by atoms with van der Waals surface area (Å²) in [7, 11) is 0. The van der Waals surface area contributed by atoms with Gasteiger partial charge in [0.1, 0.15) is 0 Å². The van der Waals surface area contributed by atoms with Gasteiger partial charge in [-0.1, -0.05) is 0 Å². The number of esters is 2. The lowest BCUT2D eigenvalue weighted by molar-refractivity contribution is -0.146. The van der Waals surface area contributed by atoms with Crippen molar-refractivity contribution < 1.29 is 19.1 Å². The van der Waals surface area contributed by atoms with E-state index in [1.54, 1.807) is 20.0 Å². The van der Waals surface area contributed by atoms with Crippen LogP contribution in [0.3, 0.4) is 0 Å². The molecule has 18 heavy (non-hydrogen) atoms. The fourth-order valence-electron chi connectivity index (χ4n) is 1.50. The summed E-state index contributed by atoms with van der Waals surface area (Å²) in [5, 5.41) is 0. The molecule has 0 saturated carbocycles. The minimum Gasteiger partial charge on any atom is -0.462 e. The van der Waals surface area contributed by atoms with Crippen molar-refractivity contribution in [3.8, 4) is 0 Å². The number of ether oxygens (including phenoxy) is 2. The van der Waals surface area contributed by atoms with Crippen molar-refractivity contribution in [3.63, 3.8) is 0 Å². The van der Waals surface area contributed by atoms with E-state index < -0.39 is 11.9 Å². The Balaban J connectivity index is 2.77. The molecule has 0 aromatic carbocycles. The second-order valence-corrected chi connectivity index (χ2v) is 4.86. The Morgan fingerprint density at radius 3 is 2.06 bits per heavy atom. The maximum absolute atomic E-state index is 11.7. The summed E-state index contributed by atoms with van der Waals surface area (Å²) in [4.78, 5) is 25.4. The van der Waals surface area contributed by atoms with Crippen LogP contribution in [-0.4, -0.2) is 54.6 Å². The molecule has 102 valence electrons. The van der Waals surface area contributed by atoms with Crippen molar-refractivity contribution in [2.75, 3.05) is 37.8 Å². The van der Waals surface area contributed by atoms with Gasteiger partial charge in [-0.15, -0.1) is 0 Å². The van der Waals surface area contributed by atoms with Crippen molar-refractivity contribution in [2.45, 2.75) is 13.8 Å². The van der Waals surface area contributed by atoms with Crippen LogP contribution in [0.15, 0.2) is 11.8 Å². The Kier molecular flexibility index (Phi) is 6.64. The Morgan fingerprint density at radius 1 is 1.11 bits per heavy atom. The molecule has 0 aliphatic carbocycles. The fraction of sp³-hybridized carbons (Fsp3) is 0.667. The van der Waals surface area contributed by atoms with Gasteiger partial charge in [-0.25, -0.2) is 9.59 Å². The molecule has 1 heterocycles. The first-order chi connectivity index (χ1) is 8.69. The van der Waals surface area contributed by atoms with Crippen molar-refractivity contribution in [2.24, 2.45) is 0 Å². The number of nitrogens with zero attached hydrogens (tertiary/aromatic N) is 1. The molecule has 0 aromatic rings. The zero-order valence-corrected chi connectivity index (χ0v) is 11.6. The lowest BCUT2D eigenvalue weighted by Gasteiger charge is -2.25. The van der Waals surface area contributed by atoms with Gasteiger partial charge in [0.25, 0.3) is 0 Å². The molecule has 5 nitrogen and oxygen atoms in total. The first kappa shape index (κ1) is 14.9. The van der Waals surface area contributed by atoms with E-state index in [9.17, 15) is 9.59 Å². The van der Waals surface area contributed by atoms with Crippen LogP contribution in [0.2, 0.25) is 0 Å². The van der Waals surface area contributed by atoms with E-state index >= 15 is 0 Å². The maximum atomic E-state index is 11.7. The molecule has 1 saturated heterocycles. The molecule has 1 fully saturated rings. The van der Waals surface area contributed by atoms with Crippen molar-refractivity contribution in [3.05, 3.63) is 11.8 Å². The third-order valence-corrected chi connectivity index (χ3v) is 3.29. The van der Waals surface area contributed by atoms with Gasteiger partial charge in [-0.3, -0.25) is 0 Å². The Labute approximate surface area is 111 Å². The van der Waals surface area contributed by atoms with Crippen LogP contribution in [0.4, 0.5) is 0 Å². The minimum absolute atomic E-state index is 0.0226. The summed E-state index contributed by atoms with van der Waals surface area (Å²) in [5.41, 5.74) is -0.0226. The zero-order valence-electron chi connectivity index (χ0n) is 10.8. The fourth-order valence-corrected chi connectivity index (χ4v) is 2.43. The normalized spacial score (nSPS) is 14.9. The molecule has 6 heteroatoms. The first-order valence-corrected chi connectivity index (χ1v) is 7.22. The van der Waals surface area contributed by atoms with E-state index in [0.29, 0.717) is 0 Å². The molecule has 0 radical (unpaired) electrons. The van der Waals surface area contributed by atoms with E-state index in [2.05, 4.69) is 0 Å². The van der Waals surface area contributed by atoms with Crippen molar-refractivity contribution >= 4 is 23.7 Å². The highest BCUT2D eigenvalue weighted by Crippen LogP contribution is 2.12. The number of hydrogen-bond acceptors (Lipinski definition) is 6. The average Bonchev–Trinajstić information content (AvgIpc) is 2.37. The quantitative estimate of drug-likeness (QED) is 0.323. The molecular weight excluding hydrogens is 254 g/mol. The number of thioether (sulfide) groups is 1. The molecule has 0 unspecified atom stereocenters. The van der Waals surface area contributed by atoms with Gasteiger partial charge < -0.3 is 14.4 Å². The topological polar surface area (TPSA) is 55.8 Å². The largest absolute Gasteiger partial charge is 0.462 e. The smallest absolute Gasteiger partial charge is 0.347 e. The maximum Gasteiger partial charge on any atom is 0.347 e. The average molecular weight is 273 g/mol. The second kappa shape index (κ2) is 8.02. The van der Waals surface area contributed by atoms with Crippen LogP contribution in [0.25, 0.3) is 0 Å². The third kappa shape index (κ3) is 4.60. The molecule has 1 rings (SSSR count). The van der Waals surface area contributed by atoms with Crippen LogP contribution in [0.1, 0.15) is 13.8 Å². The standard InChI is InChI=1S/C12H19NO4S/c1-3-16-11(14)10(12(15)17-4-2)9-13-5-7-18-8-6-13/h9H,3-8H2,1-2H3. The van der Waals surface area contributed by atoms with E-state index in [1.165, 1.54) is 0 Å². The molecule has 0 bridgehead atoms. The summed E-state index contributed by atoms with van der Waals surface area (Å²) in [5.74, 6) is 0.758. The van der Waals surface area contributed by atoms with Crippen molar-refractivity contribution in [1.29, 1.82) is 0 Å². The minimum atomic E-state index is -0.617. The SMILES string of the molecule is CCOC(=O)C(=CN1CCSCC1)C(=O)OCC. The number of carbonyl (C=O) groups is 2. The summed E-state index contributed by atoms with van der Waals surface area (Å²) < 4.78 is 9.75. The van der Waals surface area contributed by atoms with E-state index in [0.717, 1.165) is 24.6 Å². The Morgan fingerprint density at radius 2 is 1.61 bits per heavy atom. The van der Waals surface area contributed by atoms with Gasteiger partial charge in [0, 0.05) is 30.8 Å². The molecule has 0 spiro atoms. The highest BCUT2D eigenvalue weighted by Gasteiger charge is 2.22. The van der Waals surface area contributed by atoms with E-state index in [1.807, 2.05) is 16.7 Å². The number of carbonyl (C=O) groups excluding carboxylic acids is 2. The summed E-state index contributed by atoms with van der Waals surface area (Å²) in [6.45, 7) is 5.55. The van der Waals surface area contributed by atoms with Gasteiger partial charge in [0.15, 0.2) is 5.57 Å². The van der Waals surface area contributed by atoms with Crippen LogP contribution in [-0.2, 0) is 19.1 Å². The highest BCUT2D eigenvalue weighted by molar-refractivity contribution is 7.99. The van der Waals surface area contributed by atoms with Crippen LogP contribution in [0, 0.1) is 0 Å². The van der Waals surface area contributed by atoms with Gasteiger partial charge in [-0.2, -0.15) is 11.8 Å². The summed E-state index contributed by atoms with van der Waals surface area (Å²) in [6.07, 6.45) is 1.57. The molecule has 1 aliphatic rings. The summed E-state index contributed by atoms with van der Waals surface area (Å²) in [6, 6.07) is 0. The van der Waals surface area contributed by atoms with E-state index in [-0.39, 0.29) is 18.8 Å². The zero-order chi connectivity index (χ0) is 13.4. The number of rotatable bonds is 5. The van der Waals surface area contributed by atoms with Crippen LogP contribution < -0.4 is 0 Å². The third-order valence-electron chi connectivity index (χ3n) is 2.35. The van der Waals surface area contributed by atoms with Gasteiger partial charge >= 0.3 is 11.9 Å². The molecule has 0 atom stereocenters. The van der Waals surface area contributed by atoms with Gasteiger partial charge in [0.2, 0.25) is 0 Å². The van der Waals surface area contributed by atoms with E-state index in [4.69, 9.17) is 9.47 Å². The predicted molar refractivity (Wildman–Crippen MR) is 70.2 cm³/mol. The lowest BCUT2D eigenvalue weighted by Crippen LogP contribution is -2.30. The highest BCUT2D eigenvalue weighted by atomic mass is 32.2. The van der Waals surface area contributed by atoms with Crippen LogP contribution in [0.5, 0.6) is 0 Å². The Bertz CT molecular complexity index is 304.